The standard InChI is InChI=1S/C21H32N2O7S/c1-19(2,3)30-18(24)23-12(17-22-8-9-31-17)14-16-15(28-21(6,7)29-16)13(26-14)11-10-25-20(4,5)27-11/h8-9,11-16H,10H2,1-7H3,(H,23,24)/t11-,12+,13-,14+,15+,16-/m1/s1. The van der Waals surface area contributed by atoms with Gasteiger partial charge in [0.25, 0.3) is 0 Å². The molecule has 1 amide bonds. The SMILES string of the molecule is CC(C)(C)OC(=O)N[C@H](c1nccs1)[C@@H]1O[C@H]([C@H]2COC(C)(C)O2)[C@@H]2OC(C)(C)O[C@@H]21. The molecule has 4 heterocycles. The second-order valence-electron chi connectivity index (χ2n) is 9.99. The molecule has 10 heteroatoms. The zero-order valence-electron chi connectivity index (χ0n) is 19.0. The molecule has 0 aromatic carbocycles. The highest BCUT2D eigenvalue weighted by molar-refractivity contribution is 7.09. The number of hydrogen-bond donors (Lipinski definition) is 1. The third kappa shape index (κ3) is 5.04. The summed E-state index contributed by atoms with van der Waals surface area (Å²) in [6.07, 6.45) is -0.912. The Kier molecular flexibility index (Phi) is 5.85. The van der Waals surface area contributed by atoms with E-state index >= 15 is 0 Å². The minimum atomic E-state index is -0.788. The van der Waals surface area contributed by atoms with E-state index in [1.807, 2.05) is 53.8 Å². The molecule has 6 atom stereocenters. The summed E-state index contributed by atoms with van der Waals surface area (Å²) in [5, 5.41) is 5.50. The van der Waals surface area contributed by atoms with Crippen molar-refractivity contribution in [3.8, 4) is 0 Å². The van der Waals surface area contributed by atoms with Gasteiger partial charge in [0.2, 0.25) is 0 Å². The molecule has 4 rings (SSSR count). The number of carbonyl (C=O) groups is 1. The summed E-state index contributed by atoms with van der Waals surface area (Å²) in [5.41, 5.74) is -0.630. The lowest BCUT2D eigenvalue weighted by Gasteiger charge is -2.30. The summed E-state index contributed by atoms with van der Waals surface area (Å²) in [6, 6.07) is -0.569. The summed E-state index contributed by atoms with van der Waals surface area (Å²) < 4.78 is 36.2. The van der Waals surface area contributed by atoms with Crippen molar-refractivity contribution in [1.82, 2.24) is 10.3 Å². The summed E-state index contributed by atoms with van der Waals surface area (Å²) in [4.78, 5) is 17.1. The topological polar surface area (TPSA) is 97.4 Å². The third-order valence-electron chi connectivity index (χ3n) is 5.24. The van der Waals surface area contributed by atoms with Crippen molar-refractivity contribution in [3.05, 3.63) is 16.6 Å². The molecule has 0 spiro atoms. The molecular formula is C21H32N2O7S. The molecule has 3 saturated heterocycles. The van der Waals surface area contributed by atoms with E-state index in [0.717, 1.165) is 0 Å². The highest BCUT2D eigenvalue weighted by Crippen LogP contribution is 2.45. The zero-order chi connectivity index (χ0) is 22.6. The van der Waals surface area contributed by atoms with Crippen LogP contribution in [-0.4, -0.2) is 65.4 Å². The zero-order valence-corrected chi connectivity index (χ0v) is 19.9. The minimum absolute atomic E-state index is 0.316. The molecule has 0 aliphatic carbocycles. The van der Waals surface area contributed by atoms with Crippen molar-refractivity contribution >= 4 is 17.4 Å². The van der Waals surface area contributed by atoms with E-state index in [4.69, 9.17) is 28.4 Å². The van der Waals surface area contributed by atoms with Crippen LogP contribution in [0.4, 0.5) is 4.79 Å². The predicted molar refractivity (Wildman–Crippen MR) is 112 cm³/mol. The summed E-state index contributed by atoms with van der Waals surface area (Å²) in [5.74, 6) is -1.48. The maximum atomic E-state index is 12.6. The van der Waals surface area contributed by atoms with Gasteiger partial charge in [0.15, 0.2) is 11.6 Å². The van der Waals surface area contributed by atoms with E-state index in [-0.39, 0.29) is 12.2 Å². The van der Waals surface area contributed by atoms with E-state index in [2.05, 4.69) is 10.3 Å². The lowest BCUT2D eigenvalue weighted by atomic mass is 10.0. The van der Waals surface area contributed by atoms with Gasteiger partial charge in [0.1, 0.15) is 47.2 Å². The number of alkyl carbamates (subject to hydrolysis) is 1. The van der Waals surface area contributed by atoms with Crippen LogP contribution in [-0.2, 0) is 28.4 Å². The number of rotatable bonds is 4. The van der Waals surface area contributed by atoms with E-state index in [0.29, 0.717) is 11.6 Å². The maximum absolute atomic E-state index is 12.6. The quantitative estimate of drug-likeness (QED) is 0.738. The molecule has 3 fully saturated rings. The molecule has 31 heavy (non-hydrogen) atoms. The van der Waals surface area contributed by atoms with E-state index in [9.17, 15) is 4.79 Å². The Morgan fingerprint density at radius 3 is 2.45 bits per heavy atom. The molecule has 0 bridgehead atoms. The van der Waals surface area contributed by atoms with Crippen molar-refractivity contribution in [2.24, 2.45) is 0 Å². The van der Waals surface area contributed by atoms with Crippen LogP contribution in [0.1, 0.15) is 59.5 Å². The summed E-state index contributed by atoms with van der Waals surface area (Å²) in [6.45, 7) is 13.3. The number of hydrogen-bond acceptors (Lipinski definition) is 9. The Morgan fingerprint density at radius 1 is 1.16 bits per heavy atom. The van der Waals surface area contributed by atoms with E-state index in [1.165, 1.54) is 11.3 Å². The molecule has 0 radical (unpaired) electrons. The van der Waals surface area contributed by atoms with Crippen LogP contribution in [0, 0.1) is 0 Å². The minimum Gasteiger partial charge on any atom is -0.444 e. The molecule has 0 unspecified atom stereocenters. The fourth-order valence-corrected chi connectivity index (χ4v) is 4.94. The Labute approximate surface area is 186 Å². The number of carbonyl (C=O) groups excluding carboxylic acids is 1. The fraction of sp³-hybridized carbons (Fsp3) is 0.810. The first kappa shape index (κ1) is 22.9. The van der Waals surface area contributed by atoms with Gasteiger partial charge in [0.05, 0.1) is 6.61 Å². The first-order valence-corrected chi connectivity index (χ1v) is 11.4. The van der Waals surface area contributed by atoms with Gasteiger partial charge >= 0.3 is 6.09 Å². The monoisotopic (exact) mass is 456 g/mol. The number of fused-ring (bicyclic) bond motifs is 1. The average Bonchev–Trinajstić information content (AvgIpc) is 3.35. The first-order valence-electron chi connectivity index (χ1n) is 10.6. The third-order valence-corrected chi connectivity index (χ3v) is 6.10. The van der Waals surface area contributed by atoms with E-state index < -0.39 is 47.6 Å². The van der Waals surface area contributed by atoms with Gasteiger partial charge in [-0.3, -0.25) is 0 Å². The van der Waals surface area contributed by atoms with Gasteiger partial charge < -0.3 is 33.7 Å². The Bertz CT molecular complexity index is 792. The Hall–Kier alpha value is -1.30. The number of nitrogens with zero attached hydrogens (tertiary/aromatic N) is 1. The van der Waals surface area contributed by atoms with Crippen molar-refractivity contribution in [3.63, 3.8) is 0 Å². The molecule has 1 aromatic rings. The number of aromatic nitrogens is 1. The Balaban J connectivity index is 1.60. The van der Waals surface area contributed by atoms with E-state index in [1.54, 1.807) is 6.20 Å². The smallest absolute Gasteiger partial charge is 0.408 e. The highest BCUT2D eigenvalue weighted by atomic mass is 32.1. The van der Waals surface area contributed by atoms with Crippen molar-refractivity contribution < 1.29 is 33.2 Å². The number of amides is 1. The number of thiazole rings is 1. The van der Waals surface area contributed by atoms with Crippen LogP contribution in [0.15, 0.2) is 11.6 Å². The molecular weight excluding hydrogens is 424 g/mol. The predicted octanol–water partition coefficient (Wildman–Crippen LogP) is 3.15. The van der Waals surface area contributed by atoms with Crippen molar-refractivity contribution in [2.75, 3.05) is 6.61 Å². The second-order valence-corrected chi connectivity index (χ2v) is 10.9. The molecule has 1 N–H and O–H groups in total. The first-order chi connectivity index (χ1) is 14.3. The van der Waals surface area contributed by atoms with Crippen LogP contribution < -0.4 is 5.32 Å². The molecule has 3 aliphatic heterocycles. The van der Waals surface area contributed by atoms with Gasteiger partial charge in [-0.05, 0) is 48.5 Å². The van der Waals surface area contributed by atoms with Gasteiger partial charge in [-0.25, -0.2) is 9.78 Å². The van der Waals surface area contributed by atoms with Gasteiger partial charge in [0, 0.05) is 11.6 Å². The Morgan fingerprint density at radius 2 is 1.87 bits per heavy atom. The average molecular weight is 457 g/mol. The lowest BCUT2D eigenvalue weighted by molar-refractivity contribution is -0.209. The summed E-state index contributed by atoms with van der Waals surface area (Å²) >= 11 is 1.43. The molecule has 1 aromatic heterocycles. The van der Waals surface area contributed by atoms with Gasteiger partial charge in [-0.1, -0.05) is 0 Å². The van der Waals surface area contributed by atoms with Crippen LogP contribution in [0.3, 0.4) is 0 Å². The normalized spacial score (nSPS) is 35.0. The largest absolute Gasteiger partial charge is 0.444 e. The fourth-order valence-electron chi connectivity index (χ4n) is 4.21. The van der Waals surface area contributed by atoms with Crippen molar-refractivity contribution in [2.45, 2.75) is 102 Å². The van der Waals surface area contributed by atoms with Crippen LogP contribution in [0.5, 0.6) is 0 Å². The molecule has 174 valence electrons. The summed E-state index contributed by atoms with van der Waals surface area (Å²) in [7, 11) is 0. The molecule has 3 aliphatic rings. The highest BCUT2D eigenvalue weighted by Gasteiger charge is 2.61. The van der Waals surface area contributed by atoms with Crippen LogP contribution in [0.25, 0.3) is 0 Å². The van der Waals surface area contributed by atoms with Crippen LogP contribution in [0.2, 0.25) is 0 Å². The lowest BCUT2D eigenvalue weighted by Crippen LogP contribution is -2.44. The molecule has 9 nitrogen and oxygen atoms in total. The molecule has 0 saturated carbocycles. The van der Waals surface area contributed by atoms with Crippen LogP contribution >= 0.6 is 11.3 Å². The number of nitrogens with one attached hydrogen (secondary N) is 1. The maximum Gasteiger partial charge on any atom is 0.408 e. The second kappa shape index (κ2) is 7.93. The van der Waals surface area contributed by atoms with Crippen molar-refractivity contribution in [1.29, 1.82) is 0 Å². The number of ether oxygens (including phenoxy) is 6. The van der Waals surface area contributed by atoms with Gasteiger partial charge in [-0.2, -0.15) is 0 Å². The van der Waals surface area contributed by atoms with Gasteiger partial charge in [-0.15, -0.1) is 11.3 Å².